The Bertz CT molecular complexity index is 327. The molecule has 0 radical (unpaired) electrons. The Kier molecular flexibility index (Phi) is 1.72. The minimum absolute atomic E-state index is 0.248. The Balaban J connectivity index is 2.20. The molecular weight excluding hydrogens is 194 g/mol. The lowest BCUT2D eigenvalue weighted by Gasteiger charge is -2.43. The number of halogens is 2. The van der Waals surface area contributed by atoms with Crippen LogP contribution in [0.3, 0.4) is 0 Å². The van der Waals surface area contributed by atoms with Crippen LogP contribution in [-0.4, -0.2) is 10.9 Å². The van der Waals surface area contributed by atoms with Gasteiger partial charge in [-0.05, 0) is 6.92 Å². The number of rotatable bonds is 1. The molecule has 5 heteroatoms. The van der Waals surface area contributed by atoms with E-state index < -0.39 is 11.5 Å². The zero-order valence-corrected chi connectivity index (χ0v) is 8.00. The first-order chi connectivity index (χ1) is 5.91. The summed E-state index contributed by atoms with van der Waals surface area (Å²) in [5, 5.41) is 0.870. The maximum absolute atomic E-state index is 12.6. The third-order valence-electron chi connectivity index (χ3n) is 2.26. The van der Waals surface area contributed by atoms with E-state index >= 15 is 0 Å². The van der Waals surface area contributed by atoms with E-state index in [9.17, 15) is 8.78 Å². The number of hydrogen-bond acceptors (Lipinski definition) is 3. The molecular formula is C8H10F2N2S. The molecule has 0 aromatic carbocycles. The van der Waals surface area contributed by atoms with Crippen LogP contribution in [0.5, 0.6) is 0 Å². The van der Waals surface area contributed by atoms with E-state index in [1.807, 2.05) is 6.92 Å². The zero-order chi connectivity index (χ0) is 9.69. The number of hydrogen-bond donors (Lipinski definition) is 1. The lowest BCUT2D eigenvalue weighted by Crippen LogP contribution is -2.55. The fourth-order valence-electron chi connectivity index (χ4n) is 1.64. The molecule has 2 nitrogen and oxygen atoms in total. The van der Waals surface area contributed by atoms with Crippen molar-refractivity contribution < 1.29 is 8.78 Å². The monoisotopic (exact) mass is 204 g/mol. The molecule has 0 amide bonds. The molecule has 1 saturated carbocycles. The van der Waals surface area contributed by atoms with Gasteiger partial charge < -0.3 is 5.73 Å². The Morgan fingerprint density at radius 3 is 2.54 bits per heavy atom. The van der Waals surface area contributed by atoms with Crippen LogP contribution >= 0.6 is 11.3 Å². The van der Waals surface area contributed by atoms with Crippen LogP contribution in [0.4, 0.5) is 8.78 Å². The normalized spacial score (nSPS) is 24.0. The molecule has 0 atom stereocenters. The first kappa shape index (κ1) is 9.02. The van der Waals surface area contributed by atoms with Gasteiger partial charge in [-0.25, -0.2) is 13.8 Å². The first-order valence-electron chi connectivity index (χ1n) is 4.01. The number of alkyl halides is 2. The SMILES string of the molecule is Cc1ncc(C2(N)CC(F)(F)C2)s1. The van der Waals surface area contributed by atoms with Crippen LogP contribution in [0.2, 0.25) is 0 Å². The first-order valence-corrected chi connectivity index (χ1v) is 4.83. The van der Waals surface area contributed by atoms with E-state index in [1.165, 1.54) is 11.3 Å². The second-order valence-corrected chi connectivity index (χ2v) is 4.84. The van der Waals surface area contributed by atoms with Crippen molar-refractivity contribution in [1.82, 2.24) is 4.98 Å². The van der Waals surface area contributed by atoms with Crippen LogP contribution in [-0.2, 0) is 5.54 Å². The number of thiazole rings is 1. The topological polar surface area (TPSA) is 38.9 Å². The highest BCUT2D eigenvalue weighted by Gasteiger charge is 2.55. The van der Waals surface area contributed by atoms with Gasteiger partial charge in [-0.1, -0.05) is 0 Å². The molecule has 72 valence electrons. The van der Waals surface area contributed by atoms with Gasteiger partial charge in [-0.3, -0.25) is 0 Å². The molecule has 0 saturated heterocycles. The molecule has 13 heavy (non-hydrogen) atoms. The average molecular weight is 204 g/mol. The number of aromatic nitrogens is 1. The molecule has 2 rings (SSSR count). The number of nitrogens with two attached hydrogens (primary N) is 1. The van der Waals surface area contributed by atoms with Crippen molar-refractivity contribution in [3.8, 4) is 0 Å². The van der Waals surface area contributed by atoms with Gasteiger partial charge in [0, 0.05) is 23.9 Å². The van der Waals surface area contributed by atoms with Gasteiger partial charge in [-0.15, -0.1) is 11.3 Å². The Labute approximate surface area is 78.8 Å². The molecule has 0 aliphatic heterocycles. The van der Waals surface area contributed by atoms with Gasteiger partial charge in [0.05, 0.1) is 10.5 Å². The highest BCUT2D eigenvalue weighted by atomic mass is 32.1. The van der Waals surface area contributed by atoms with E-state index in [1.54, 1.807) is 6.20 Å². The summed E-state index contributed by atoms with van der Waals surface area (Å²) < 4.78 is 25.3. The van der Waals surface area contributed by atoms with Gasteiger partial charge in [-0.2, -0.15) is 0 Å². The second kappa shape index (κ2) is 2.48. The summed E-state index contributed by atoms with van der Waals surface area (Å²) in [6.45, 7) is 1.84. The number of aryl methyl sites for hydroxylation is 1. The van der Waals surface area contributed by atoms with E-state index in [-0.39, 0.29) is 12.8 Å². The molecule has 0 unspecified atom stereocenters. The lowest BCUT2D eigenvalue weighted by molar-refractivity contribution is -0.124. The van der Waals surface area contributed by atoms with Gasteiger partial charge in [0.25, 0.3) is 5.92 Å². The molecule has 1 aliphatic carbocycles. The smallest absolute Gasteiger partial charge is 0.252 e. The predicted molar refractivity (Wildman–Crippen MR) is 46.9 cm³/mol. The molecule has 1 heterocycles. The van der Waals surface area contributed by atoms with Crippen LogP contribution in [0.15, 0.2) is 6.20 Å². The van der Waals surface area contributed by atoms with Crippen molar-refractivity contribution in [2.75, 3.05) is 0 Å². The Hall–Kier alpha value is -0.550. The summed E-state index contributed by atoms with van der Waals surface area (Å²) >= 11 is 1.40. The quantitative estimate of drug-likeness (QED) is 0.760. The molecule has 0 bridgehead atoms. The second-order valence-electron chi connectivity index (χ2n) is 3.61. The molecule has 1 aliphatic rings. The van der Waals surface area contributed by atoms with Crippen molar-refractivity contribution >= 4 is 11.3 Å². The van der Waals surface area contributed by atoms with E-state index in [4.69, 9.17) is 5.73 Å². The van der Waals surface area contributed by atoms with Gasteiger partial charge in [0.1, 0.15) is 0 Å². The largest absolute Gasteiger partial charge is 0.320 e. The minimum Gasteiger partial charge on any atom is -0.320 e. The van der Waals surface area contributed by atoms with Crippen LogP contribution in [0, 0.1) is 6.92 Å². The molecule has 1 aromatic rings. The standard InChI is InChI=1S/C8H10F2N2S/c1-5-12-2-6(13-5)7(11)3-8(9,10)4-7/h2H,3-4,11H2,1H3. The van der Waals surface area contributed by atoms with Gasteiger partial charge >= 0.3 is 0 Å². The van der Waals surface area contributed by atoms with Crippen molar-refractivity contribution in [2.45, 2.75) is 31.2 Å². The van der Waals surface area contributed by atoms with E-state index in [0.29, 0.717) is 0 Å². The summed E-state index contributed by atoms with van der Waals surface area (Å²) in [6, 6.07) is 0. The number of nitrogens with zero attached hydrogens (tertiary/aromatic N) is 1. The third kappa shape index (κ3) is 1.46. The van der Waals surface area contributed by atoms with Crippen LogP contribution < -0.4 is 5.73 Å². The minimum atomic E-state index is -2.58. The lowest BCUT2D eigenvalue weighted by atomic mass is 9.73. The van der Waals surface area contributed by atoms with Crippen LogP contribution in [0.1, 0.15) is 22.7 Å². The average Bonchev–Trinajstić information content (AvgIpc) is 2.31. The maximum atomic E-state index is 12.6. The fourth-order valence-corrected chi connectivity index (χ4v) is 2.51. The Morgan fingerprint density at radius 2 is 2.15 bits per heavy atom. The molecule has 1 fully saturated rings. The van der Waals surface area contributed by atoms with Crippen LogP contribution in [0.25, 0.3) is 0 Å². The van der Waals surface area contributed by atoms with Gasteiger partial charge in [0.2, 0.25) is 0 Å². The third-order valence-corrected chi connectivity index (χ3v) is 3.39. The highest BCUT2D eigenvalue weighted by molar-refractivity contribution is 7.11. The van der Waals surface area contributed by atoms with Crippen molar-refractivity contribution in [3.63, 3.8) is 0 Å². The Morgan fingerprint density at radius 1 is 1.54 bits per heavy atom. The van der Waals surface area contributed by atoms with E-state index in [2.05, 4.69) is 4.98 Å². The summed E-state index contributed by atoms with van der Waals surface area (Å²) in [5.74, 6) is -2.58. The molecule has 2 N–H and O–H groups in total. The maximum Gasteiger partial charge on any atom is 0.252 e. The van der Waals surface area contributed by atoms with Crippen molar-refractivity contribution in [3.05, 3.63) is 16.1 Å². The highest BCUT2D eigenvalue weighted by Crippen LogP contribution is 2.50. The summed E-state index contributed by atoms with van der Waals surface area (Å²) in [4.78, 5) is 4.78. The van der Waals surface area contributed by atoms with Gasteiger partial charge in [0.15, 0.2) is 0 Å². The predicted octanol–water partition coefficient (Wildman–Crippen LogP) is 2.03. The van der Waals surface area contributed by atoms with E-state index in [0.717, 1.165) is 9.88 Å². The summed E-state index contributed by atoms with van der Waals surface area (Å²) in [7, 11) is 0. The summed E-state index contributed by atoms with van der Waals surface area (Å²) in [6.07, 6.45) is 1.11. The zero-order valence-electron chi connectivity index (χ0n) is 7.18. The summed E-state index contributed by atoms with van der Waals surface area (Å²) in [5.41, 5.74) is 4.98. The fraction of sp³-hybridized carbons (Fsp3) is 0.625. The molecule has 0 spiro atoms. The van der Waals surface area contributed by atoms with Crippen molar-refractivity contribution in [2.24, 2.45) is 5.73 Å². The molecule has 1 aromatic heterocycles. The van der Waals surface area contributed by atoms with Crippen molar-refractivity contribution in [1.29, 1.82) is 0 Å².